The Labute approximate surface area is 301 Å². The maximum atomic E-state index is 13.9. The number of fused-ring (bicyclic) bond motifs is 2. The van der Waals surface area contributed by atoms with Crippen molar-refractivity contribution >= 4 is 35.0 Å². The molecular weight excluding hydrogens is 683 g/mol. The molecule has 3 aromatic carbocycles. The lowest BCUT2D eigenvalue weighted by Gasteiger charge is -2.44. The summed E-state index contributed by atoms with van der Waals surface area (Å²) in [5.74, 6) is -5.54. The summed E-state index contributed by atoms with van der Waals surface area (Å²) in [6.45, 7) is 4.33. The molecule has 0 saturated carbocycles. The Bertz CT molecular complexity index is 1780. The first-order valence-electron chi connectivity index (χ1n) is 17.2. The number of benzene rings is 3. The zero-order valence-corrected chi connectivity index (χ0v) is 29.5. The molecule has 12 heteroatoms. The van der Waals surface area contributed by atoms with Gasteiger partial charge in [-0.3, -0.25) is 14.4 Å². The number of carbonyl (C=O) groups excluding carboxylic acids is 2. The van der Waals surface area contributed by atoms with E-state index in [1.165, 1.54) is 0 Å². The van der Waals surface area contributed by atoms with Crippen LogP contribution < -0.4 is 15.4 Å². The third-order valence-corrected chi connectivity index (χ3v) is 9.94. The van der Waals surface area contributed by atoms with Crippen molar-refractivity contribution in [2.75, 3.05) is 26.2 Å². The van der Waals surface area contributed by atoms with Crippen LogP contribution in [0.1, 0.15) is 62.6 Å². The lowest BCUT2D eigenvalue weighted by Crippen LogP contribution is -2.62. The van der Waals surface area contributed by atoms with E-state index in [9.17, 15) is 32.7 Å². The van der Waals surface area contributed by atoms with E-state index >= 15 is 0 Å². The van der Waals surface area contributed by atoms with Crippen LogP contribution in [0.15, 0.2) is 66.2 Å². The molecule has 5 rings (SSSR count). The van der Waals surface area contributed by atoms with Crippen molar-refractivity contribution in [1.29, 1.82) is 0 Å². The number of amides is 2. The van der Waals surface area contributed by atoms with E-state index in [0.29, 0.717) is 61.9 Å². The summed E-state index contributed by atoms with van der Waals surface area (Å²) in [6, 6.07) is 16.4. The van der Waals surface area contributed by atoms with Gasteiger partial charge in [0.1, 0.15) is 0 Å². The van der Waals surface area contributed by atoms with Gasteiger partial charge in [0.25, 0.3) is 0 Å². The number of halogens is 4. The molecule has 8 nitrogen and oxygen atoms in total. The van der Waals surface area contributed by atoms with E-state index in [2.05, 4.69) is 10.6 Å². The number of aryl methyl sites for hydroxylation is 2. The second kappa shape index (κ2) is 16.8. The third-order valence-electron chi connectivity index (χ3n) is 9.57. The molecule has 2 aliphatic rings. The summed E-state index contributed by atoms with van der Waals surface area (Å²) in [6.07, 6.45) is 3.15. The van der Waals surface area contributed by atoms with Crippen LogP contribution in [0.3, 0.4) is 0 Å². The summed E-state index contributed by atoms with van der Waals surface area (Å²) in [7, 11) is 0. The molecule has 272 valence electrons. The van der Waals surface area contributed by atoms with Gasteiger partial charge in [-0.25, -0.2) is 8.78 Å². The number of nitrogens with zero attached hydrogens (tertiary/aromatic N) is 1. The van der Waals surface area contributed by atoms with Crippen molar-refractivity contribution in [3.8, 4) is 5.75 Å². The van der Waals surface area contributed by atoms with Crippen LogP contribution in [0.5, 0.6) is 5.75 Å². The van der Waals surface area contributed by atoms with Crippen LogP contribution >= 0.6 is 11.6 Å². The molecule has 0 aliphatic carbocycles. The van der Waals surface area contributed by atoms with Crippen LogP contribution in [0, 0.1) is 22.9 Å². The quantitative estimate of drug-likeness (QED) is 0.118. The molecule has 0 unspecified atom stereocenters. The van der Waals surface area contributed by atoms with E-state index in [4.69, 9.17) is 16.3 Å². The molecule has 0 radical (unpaired) electrons. The Kier molecular flexibility index (Phi) is 12.5. The number of rotatable bonds is 15. The fraction of sp³-hybridized carbons (Fsp3) is 0.410. The molecule has 3 N–H and O–H groups in total. The minimum absolute atomic E-state index is 0.0109. The summed E-state index contributed by atoms with van der Waals surface area (Å²) >= 11 is 6.31. The summed E-state index contributed by atoms with van der Waals surface area (Å²) < 4.78 is 46.5. The molecule has 2 atom stereocenters. The highest BCUT2D eigenvalue weighted by Crippen LogP contribution is 2.34. The minimum atomic E-state index is -1.35. The predicted octanol–water partition coefficient (Wildman–Crippen LogP) is 6.74. The number of carboxylic acids is 1. The fourth-order valence-electron chi connectivity index (χ4n) is 6.51. The van der Waals surface area contributed by atoms with Crippen molar-refractivity contribution < 1.29 is 37.4 Å². The van der Waals surface area contributed by atoms with Crippen molar-refractivity contribution in [1.82, 2.24) is 15.5 Å². The highest BCUT2D eigenvalue weighted by atomic mass is 35.5. The summed E-state index contributed by atoms with van der Waals surface area (Å²) in [5, 5.41) is 16.8. The zero-order chi connectivity index (χ0) is 36.7. The molecule has 1 fully saturated rings. The van der Waals surface area contributed by atoms with Crippen molar-refractivity contribution in [3.05, 3.63) is 105 Å². The van der Waals surface area contributed by atoms with Gasteiger partial charge in [-0.2, -0.15) is 4.39 Å². The van der Waals surface area contributed by atoms with Crippen molar-refractivity contribution in [2.45, 2.75) is 70.9 Å². The summed E-state index contributed by atoms with van der Waals surface area (Å²) in [4.78, 5) is 40.5. The van der Waals surface area contributed by atoms with Gasteiger partial charge in [0.05, 0.1) is 18.1 Å². The standard InChI is InChI=1S/C39H43ClF3N3O5/c1-39(2,38(49)50)18-17-33(47)46-22-27-21-28(34(32(23-46)45-27)37(48)44-19-5-9-26-8-3-4-10-29(26)40)25-13-11-24(12-14-25)7-6-20-51-36-31(42)16-15-30(41)35(36)43/h3-4,8,10-16,27,32,45H,5-7,9,17-23H2,1-2H3,(H,44,48)(H,49,50)/t27-,32-/m1/s1. The smallest absolute Gasteiger partial charge is 0.309 e. The average Bonchev–Trinajstić information content (AvgIpc) is 3.10. The Morgan fingerprint density at radius 3 is 2.43 bits per heavy atom. The highest BCUT2D eigenvalue weighted by Gasteiger charge is 2.40. The number of ether oxygens (including phenoxy) is 1. The summed E-state index contributed by atoms with van der Waals surface area (Å²) in [5.41, 5.74) is 3.25. The molecule has 2 amide bonds. The van der Waals surface area contributed by atoms with Gasteiger partial charge < -0.3 is 25.4 Å². The Morgan fingerprint density at radius 1 is 0.980 bits per heavy atom. The zero-order valence-electron chi connectivity index (χ0n) is 28.7. The predicted molar refractivity (Wildman–Crippen MR) is 189 cm³/mol. The lowest BCUT2D eigenvalue weighted by atomic mass is 9.82. The Balaban J connectivity index is 1.28. The van der Waals surface area contributed by atoms with Crippen molar-refractivity contribution in [3.63, 3.8) is 0 Å². The maximum Gasteiger partial charge on any atom is 0.309 e. The molecule has 3 aromatic rings. The van der Waals surface area contributed by atoms with Crippen LogP contribution in [-0.4, -0.2) is 66.1 Å². The normalized spacial score (nSPS) is 17.3. The van der Waals surface area contributed by atoms with Crippen molar-refractivity contribution in [2.24, 2.45) is 5.41 Å². The number of hydrogen-bond acceptors (Lipinski definition) is 5. The fourth-order valence-corrected chi connectivity index (χ4v) is 6.74. The van der Waals surface area contributed by atoms with Gasteiger partial charge in [-0.1, -0.05) is 54.1 Å². The van der Waals surface area contributed by atoms with Crippen LogP contribution in [0.2, 0.25) is 5.02 Å². The Morgan fingerprint density at radius 2 is 1.71 bits per heavy atom. The van der Waals surface area contributed by atoms with Gasteiger partial charge in [0.2, 0.25) is 17.6 Å². The molecule has 2 bridgehead atoms. The Hall–Kier alpha value is -4.35. The molecular formula is C39H43ClF3N3O5. The largest absolute Gasteiger partial charge is 0.488 e. The van der Waals surface area contributed by atoms with Gasteiger partial charge in [0, 0.05) is 42.7 Å². The highest BCUT2D eigenvalue weighted by molar-refractivity contribution is 6.31. The second-order valence-electron chi connectivity index (χ2n) is 13.8. The monoisotopic (exact) mass is 725 g/mol. The van der Waals surface area contributed by atoms with Gasteiger partial charge in [-0.05, 0) is 92.8 Å². The molecule has 1 saturated heterocycles. The number of piperazine rings is 1. The first kappa shape index (κ1) is 37.9. The third kappa shape index (κ3) is 9.51. The molecule has 0 aromatic heterocycles. The minimum Gasteiger partial charge on any atom is -0.488 e. The first-order chi connectivity index (χ1) is 24.3. The van der Waals surface area contributed by atoms with Crippen LogP contribution in [0.4, 0.5) is 13.2 Å². The van der Waals surface area contributed by atoms with E-state index < -0.39 is 40.6 Å². The number of aliphatic carboxylic acids is 1. The first-order valence-corrected chi connectivity index (χ1v) is 17.6. The number of carbonyl (C=O) groups is 3. The van der Waals surface area contributed by atoms with E-state index in [1.54, 1.807) is 18.7 Å². The number of nitrogens with one attached hydrogen (secondary N) is 2. The average molecular weight is 726 g/mol. The molecule has 0 spiro atoms. The van der Waals surface area contributed by atoms with Gasteiger partial charge in [-0.15, -0.1) is 0 Å². The topological polar surface area (TPSA) is 108 Å². The molecule has 51 heavy (non-hydrogen) atoms. The number of hydrogen-bond donors (Lipinski definition) is 3. The van der Waals surface area contributed by atoms with E-state index in [1.807, 2.05) is 48.5 Å². The van der Waals surface area contributed by atoms with Crippen LogP contribution in [0.25, 0.3) is 5.57 Å². The van der Waals surface area contributed by atoms with Gasteiger partial charge in [0.15, 0.2) is 17.4 Å². The SMILES string of the molecule is CC(C)(CCC(=O)N1C[C@H]2CC(c3ccc(CCCOc4c(F)ccc(F)c4F)cc3)=C(C(=O)NCCCc3ccccc3Cl)[C@@H](C1)N2)C(=O)O. The lowest BCUT2D eigenvalue weighted by molar-refractivity contribution is -0.148. The van der Waals surface area contributed by atoms with E-state index in [-0.39, 0.29) is 43.8 Å². The van der Waals surface area contributed by atoms with Gasteiger partial charge >= 0.3 is 5.97 Å². The second-order valence-corrected chi connectivity index (χ2v) is 14.2. The number of carboxylic acid groups (broad SMARTS) is 1. The molecule has 2 heterocycles. The maximum absolute atomic E-state index is 13.9. The van der Waals surface area contributed by atoms with E-state index in [0.717, 1.165) is 28.3 Å². The van der Waals surface area contributed by atoms with Crippen LogP contribution in [-0.2, 0) is 27.2 Å². The molecule has 2 aliphatic heterocycles.